The summed E-state index contributed by atoms with van der Waals surface area (Å²) in [5, 5.41) is 6.70. The molecule has 0 aliphatic carbocycles. The Kier molecular flexibility index (Phi) is 8.30. The summed E-state index contributed by atoms with van der Waals surface area (Å²) in [4.78, 5) is 26.7. The number of hydrogen-bond acceptors (Lipinski definition) is 3. The number of amides is 2. The van der Waals surface area contributed by atoms with Gasteiger partial charge in [-0.1, -0.05) is 30.1 Å². The highest BCUT2D eigenvalue weighted by molar-refractivity contribution is 6.35. The maximum atomic E-state index is 12.5. The summed E-state index contributed by atoms with van der Waals surface area (Å²) in [5.41, 5.74) is 0.537. The number of halogens is 3. The number of carbonyl (C=O) groups is 2. The van der Waals surface area contributed by atoms with Crippen molar-refractivity contribution in [3.05, 3.63) is 28.2 Å². The summed E-state index contributed by atoms with van der Waals surface area (Å²) in [7, 11) is 1.81. The molecular weight excluding hydrogens is 373 g/mol. The van der Waals surface area contributed by atoms with Crippen LogP contribution in [-0.2, 0) is 9.59 Å². The van der Waals surface area contributed by atoms with Gasteiger partial charge in [0.1, 0.15) is 6.04 Å². The van der Waals surface area contributed by atoms with Gasteiger partial charge in [0.25, 0.3) is 0 Å². The molecule has 2 amide bonds. The van der Waals surface area contributed by atoms with E-state index >= 15 is 0 Å². The van der Waals surface area contributed by atoms with Gasteiger partial charge in [0.2, 0.25) is 11.8 Å². The van der Waals surface area contributed by atoms with Crippen molar-refractivity contribution in [3.8, 4) is 0 Å². The van der Waals surface area contributed by atoms with Crippen LogP contribution >= 0.6 is 35.6 Å². The van der Waals surface area contributed by atoms with E-state index in [4.69, 9.17) is 23.2 Å². The first-order valence-corrected chi connectivity index (χ1v) is 8.40. The van der Waals surface area contributed by atoms with Crippen molar-refractivity contribution in [2.24, 2.45) is 5.92 Å². The first kappa shape index (κ1) is 21.0. The Balaban J connectivity index is 0.00000288. The molecule has 1 aromatic rings. The topological polar surface area (TPSA) is 61.4 Å². The van der Waals surface area contributed by atoms with Crippen LogP contribution in [0.4, 0.5) is 5.69 Å². The fourth-order valence-electron chi connectivity index (χ4n) is 2.83. The molecule has 1 aliphatic heterocycles. The predicted octanol–water partition coefficient (Wildman–Crippen LogP) is 3.20. The molecule has 1 heterocycles. The van der Waals surface area contributed by atoms with Crippen molar-refractivity contribution in [1.29, 1.82) is 0 Å². The maximum Gasteiger partial charge on any atom is 0.247 e. The molecule has 5 nitrogen and oxygen atoms in total. The fraction of sp³-hybridized carbons (Fsp3) is 0.500. The lowest BCUT2D eigenvalue weighted by Gasteiger charge is -2.26. The number of hydrogen-bond donors (Lipinski definition) is 2. The van der Waals surface area contributed by atoms with E-state index in [-0.39, 0.29) is 30.1 Å². The fourth-order valence-corrected chi connectivity index (χ4v) is 3.36. The minimum absolute atomic E-state index is 0. The van der Waals surface area contributed by atoms with Crippen molar-refractivity contribution in [2.45, 2.75) is 25.8 Å². The zero-order valence-corrected chi connectivity index (χ0v) is 16.0. The third kappa shape index (κ3) is 5.24. The van der Waals surface area contributed by atoms with E-state index in [9.17, 15) is 9.59 Å². The molecule has 24 heavy (non-hydrogen) atoms. The van der Waals surface area contributed by atoms with Gasteiger partial charge in [-0.25, -0.2) is 0 Å². The largest absolute Gasteiger partial charge is 0.330 e. The highest BCUT2D eigenvalue weighted by Crippen LogP contribution is 2.25. The van der Waals surface area contributed by atoms with Crippen molar-refractivity contribution in [2.75, 3.05) is 25.5 Å². The number of carbonyl (C=O) groups excluding carboxylic acids is 2. The molecule has 1 fully saturated rings. The number of nitrogens with zero attached hydrogens (tertiary/aromatic N) is 1. The Hall–Kier alpha value is -1.01. The van der Waals surface area contributed by atoms with Crippen LogP contribution in [0.15, 0.2) is 18.2 Å². The Labute approximate surface area is 158 Å². The highest BCUT2D eigenvalue weighted by atomic mass is 35.5. The summed E-state index contributed by atoms with van der Waals surface area (Å²) in [5.74, 6) is -0.360. The highest BCUT2D eigenvalue weighted by Gasteiger charge is 2.35. The van der Waals surface area contributed by atoms with Crippen LogP contribution in [0.3, 0.4) is 0 Å². The second kappa shape index (κ2) is 9.47. The molecule has 2 N–H and O–H groups in total. The normalized spacial score (nSPS) is 18.0. The molecule has 1 saturated heterocycles. The zero-order valence-electron chi connectivity index (χ0n) is 13.6. The van der Waals surface area contributed by atoms with Gasteiger partial charge in [0.15, 0.2) is 0 Å². The second-order valence-electron chi connectivity index (χ2n) is 5.80. The van der Waals surface area contributed by atoms with Crippen molar-refractivity contribution < 1.29 is 9.59 Å². The van der Waals surface area contributed by atoms with Crippen molar-refractivity contribution in [3.63, 3.8) is 0 Å². The first-order chi connectivity index (χ1) is 10.9. The van der Waals surface area contributed by atoms with E-state index in [0.717, 1.165) is 6.42 Å². The van der Waals surface area contributed by atoms with E-state index in [2.05, 4.69) is 10.6 Å². The van der Waals surface area contributed by atoms with Gasteiger partial charge in [-0.05, 0) is 38.1 Å². The smallest absolute Gasteiger partial charge is 0.247 e. The molecule has 1 aromatic carbocycles. The van der Waals surface area contributed by atoms with E-state index in [1.807, 2.05) is 6.92 Å². The summed E-state index contributed by atoms with van der Waals surface area (Å²) in [6.45, 7) is 3.07. The SMILES string of the molecule is CNCC(C)C(=O)N1CCCC1C(=O)Nc1cc(Cl)cc(Cl)c1.Cl. The lowest BCUT2D eigenvalue weighted by Crippen LogP contribution is -2.46. The van der Waals surface area contributed by atoms with E-state index in [0.29, 0.717) is 35.2 Å². The quantitative estimate of drug-likeness (QED) is 0.806. The second-order valence-corrected chi connectivity index (χ2v) is 6.67. The van der Waals surface area contributed by atoms with Crippen LogP contribution in [0.25, 0.3) is 0 Å². The van der Waals surface area contributed by atoms with Gasteiger partial charge in [-0.15, -0.1) is 12.4 Å². The van der Waals surface area contributed by atoms with E-state index in [1.54, 1.807) is 30.1 Å². The Morgan fingerprint density at radius 3 is 2.50 bits per heavy atom. The summed E-state index contributed by atoms with van der Waals surface area (Å²) in [6, 6.07) is 4.43. The average molecular weight is 395 g/mol. The van der Waals surface area contributed by atoms with Crippen LogP contribution < -0.4 is 10.6 Å². The molecule has 2 atom stereocenters. The van der Waals surface area contributed by atoms with Crippen molar-refractivity contribution >= 4 is 53.1 Å². The van der Waals surface area contributed by atoms with Gasteiger partial charge in [-0.3, -0.25) is 9.59 Å². The predicted molar refractivity (Wildman–Crippen MR) is 100 cm³/mol. The molecule has 8 heteroatoms. The van der Waals surface area contributed by atoms with Crippen molar-refractivity contribution in [1.82, 2.24) is 10.2 Å². The van der Waals surface area contributed by atoms with Gasteiger partial charge in [0, 0.05) is 34.7 Å². The Morgan fingerprint density at radius 2 is 1.92 bits per heavy atom. The molecule has 0 aromatic heterocycles. The Bertz CT molecular complexity index is 578. The maximum absolute atomic E-state index is 12.5. The number of nitrogens with one attached hydrogen (secondary N) is 2. The minimum atomic E-state index is -0.445. The summed E-state index contributed by atoms with van der Waals surface area (Å²) in [6.07, 6.45) is 1.49. The number of benzene rings is 1. The molecular formula is C16H22Cl3N3O2. The van der Waals surface area contributed by atoms with E-state index in [1.165, 1.54) is 0 Å². The molecule has 2 unspecified atom stereocenters. The van der Waals surface area contributed by atoms with Crippen LogP contribution in [0, 0.1) is 5.92 Å². The third-order valence-electron chi connectivity index (χ3n) is 3.90. The molecule has 0 radical (unpaired) electrons. The molecule has 0 saturated carbocycles. The molecule has 2 rings (SSSR count). The van der Waals surface area contributed by atoms with Crippen LogP contribution in [-0.4, -0.2) is 42.9 Å². The summed E-state index contributed by atoms with van der Waals surface area (Å²) < 4.78 is 0. The average Bonchev–Trinajstić information content (AvgIpc) is 2.95. The lowest BCUT2D eigenvalue weighted by atomic mass is 10.1. The van der Waals surface area contributed by atoms with Gasteiger partial charge in [-0.2, -0.15) is 0 Å². The molecule has 0 bridgehead atoms. The minimum Gasteiger partial charge on any atom is -0.330 e. The number of anilines is 1. The Morgan fingerprint density at radius 1 is 1.29 bits per heavy atom. The van der Waals surface area contributed by atoms with Crippen LogP contribution in [0.2, 0.25) is 10.0 Å². The standard InChI is InChI=1S/C16H21Cl2N3O2.ClH/c1-10(9-19-2)16(23)21-5-3-4-14(21)15(22)20-13-7-11(17)6-12(18)8-13;/h6-8,10,14,19H,3-5,9H2,1-2H3,(H,20,22);1H. The van der Waals surface area contributed by atoms with Gasteiger partial charge in [0.05, 0.1) is 0 Å². The number of rotatable bonds is 5. The van der Waals surface area contributed by atoms with Gasteiger partial charge >= 0.3 is 0 Å². The monoisotopic (exact) mass is 393 g/mol. The molecule has 0 spiro atoms. The van der Waals surface area contributed by atoms with Crippen LogP contribution in [0.5, 0.6) is 0 Å². The third-order valence-corrected chi connectivity index (χ3v) is 4.34. The molecule has 134 valence electrons. The van der Waals surface area contributed by atoms with E-state index < -0.39 is 6.04 Å². The van der Waals surface area contributed by atoms with Gasteiger partial charge < -0.3 is 15.5 Å². The summed E-state index contributed by atoms with van der Waals surface area (Å²) >= 11 is 11.9. The number of likely N-dealkylation sites (tertiary alicyclic amines) is 1. The molecule has 1 aliphatic rings. The first-order valence-electron chi connectivity index (χ1n) is 7.64. The lowest BCUT2D eigenvalue weighted by molar-refractivity contribution is -0.139. The van der Waals surface area contributed by atoms with Crippen LogP contribution in [0.1, 0.15) is 19.8 Å². The zero-order chi connectivity index (χ0) is 17.0.